The van der Waals surface area contributed by atoms with Crippen LogP contribution in [0.3, 0.4) is 0 Å². The maximum Gasteiger partial charge on any atom is 0.293 e. The van der Waals surface area contributed by atoms with Gasteiger partial charge in [-0.2, -0.15) is 0 Å². The number of thioether (sulfide) groups is 1. The van der Waals surface area contributed by atoms with Crippen molar-refractivity contribution in [1.29, 1.82) is 0 Å². The van der Waals surface area contributed by atoms with Crippen LogP contribution in [0.5, 0.6) is 5.75 Å². The second kappa shape index (κ2) is 9.89. The molecule has 0 atom stereocenters. The second-order valence-electron chi connectivity index (χ2n) is 6.28. The van der Waals surface area contributed by atoms with Crippen molar-refractivity contribution in [3.8, 4) is 5.75 Å². The van der Waals surface area contributed by atoms with Crippen molar-refractivity contribution in [3.05, 3.63) is 76.5 Å². The van der Waals surface area contributed by atoms with Crippen LogP contribution in [0.1, 0.15) is 11.1 Å². The summed E-state index contributed by atoms with van der Waals surface area (Å²) >= 11 is 0.818. The second-order valence-corrected chi connectivity index (χ2v) is 7.28. The van der Waals surface area contributed by atoms with E-state index in [2.05, 4.69) is 5.32 Å². The number of amides is 3. The van der Waals surface area contributed by atoms with Gasteiger partial charge >= 0.3 is 0 Å². The number of ether oxygens (including phenoxy) is 1. The summed E-state index contributed by atoms with van der Waals surface area (Å²) in [7, 11) is 1.58. The molecule has 8 heteroatoms. The molecule has 6 nitrogen and oxygen atoms in total. The summed E-state index contributed by atoms with van der Waals surface area (Å²) in [5, 5.41) is 2.24. The van der Waals surface area contributed by atoms with E-state index in [-0.39, 0.29) is 29.7 Å². The Hall–Kier alpha value is -3.39. The molecule has 3 rings (SSSR count). The number of halogens is 1. The summed E-state index contributed by atoms with van der Waals surface area (Å²) in [5.74, 6) is -0.420. The minimum Gasteiger partial charge on any atom is -0.497 e. The lowest BCUT2D eigenvalue weighted by Gasteiger charge is -2.12. The van der Waals surface area contributed by atoms with Gasteiger partial charge in [-0.15, -0.1) is 0 Å². The van der Waals surface area contributed by atoms with E-state index < -0.39 is 11.1 Å². The van der Waals surface area contributed by atoms with Gasteiger partial charge in [-0.25, -0.2) is 4.39 Å². The zero-order valence-electron chi connectivity index (χ0n) is 16.1. The van der Waals surface area contributed by atoms with Crippen LogP contribution in [0, 0.1) is 5.82 Å². The monoisotopic (exact) mass is 426 g/mol. The molecule has 0 bridgehead atoms. The highest BCUT2D eigenvalue weighted by Crippen LogP contribution is 2.31. The summed E-state index contributed by atoms with van der Waals surface area (Å²) in [6, 6.07) is 12.8. The minimum absolute atomic E-state index is 0.0630. The number of benzene rings is 2. The maximum absolute atomic E-state index is 13.0. The largest absolute Gasteiger partial charge is 0.497 e. The fourth-order valence-corrected chi connectivity index (χ4v) is 3.50. The van der Waals surface area contributed by atoms with Crippen LogP contribution in [-0.2, 0) is 9.59 Å². The molecular weight excluding hydrogens is 407 g/mol. The highest BCUT2D eigenvalue weighted by atomic mass is 32.2. The maximum atomic E-state index is 13.0. The number of hydrogen-bond acceptors (Lipinski definition) is 5. The van der Waals surface area contributed by atoms with Gasteiger partial charge in [0.2, 0.25) is 5.91 Å². The lowest BCUT2D eigenvalue weighted by Crippen LogP contribution is -2.36. The summed E-state index contributed by atoms with van der Waals surface area (Å²) in [5.41, 5.74) is 1.46. The molecule has 30 heavy (non-hydrogen) atoms. The standard InChI is InChI=1S/C22H19FN2O4S/c1-29-18-9-4-15(5-10-18)6-11-20(26)24-12-13-25-21(27)19(30-22(25)28)14-16-2-7-17(23)8-3-16/h2-11,14H,12-13H2,1H3,(H,24,26)/b11-6+,19-14-. The Labute approximate surface area is 177 Å². The lowest BCUT2D eigenvalue weighted by atomic mass is 10.2. The Morgan fingerprint density at radius 3 is 2.43 bits per heavy atom. The number of rotatable bonds is 7. The van der Waals surface area contributed by atoms with Crippen LogP contribution in [0.2, 0.25) is 0 Å². The molecule has 1 heterocycles. The Balaban J connectivity index is 1.50. The molecule has 1 saturated heterocycles. The highest BCUT2D eigenvalue weighted by molar-refractivity contribution is 8.18. The fraction of sp³-hybridized carbons (Fsp3) is 0.136. The van der Waals surface area contributed by atoms with Crippen LogP contribution >= 0.6 is 11.8 Å². The van der Waals surface area contributed by atoms with Gasteiger partial charge in [0.15, 0.2) is 0 Å². The van der Waals surface area contributed by atoms with E-state index in [1.807, 2.05) is 12.1 Å². The number of imide groups is 1. The fourth-order valence-electron chi connectivity index (χ4n) is 2.64. The van der Waals surface area contributed by atoms with Crippen LogP contribution in [0.25, 0.3) is 12.2 Å². The van der Waals surface area contributed by atoms with E-state index in [4.69, 9.17) is 4.74 Å². The van der Waals surface area contributed by atoms with Crippen molar-refractivity contribution >= 4 is 41.0 Å². The first-order valence-electron chi connectivity index (χ1n) is 9.07. The third-order valence-corrected chi connectivity index (χ3v) is 5.13. The van der Waals surface area contributed by atoms with Crippen molar-refractivity contribution < 1.29 is 23.5 Å². The van der Waals surface area contributed by atoms with Gasteiger partial charge in [0.25, 0.3) is 11.1 Å². The molecule has 0 radical (unpaired) electrons. The molecule has 1 fully saturated rings. The van der Waals surface area contributed by atoms with Crippen LogP contribution in [-0.4, -0.2) is 42.2 Å². The first kappa shape index (κ1) is 21.3. The molecule has 154 valence electrons. The molecule has 0 spiro atoms. The van der Waals surface area contributed by atoms with Crippen LogP contribution in [0.4, 0.5) is 9.18 Å². The van der Waals surface area contributed by atoms with Crippen LogP contribution < -0.4 is 10.1 Å². The molecule has 1 aliphatic heterocycles. The molecule has 0 saturated carbocycles. The van der Waals surface area contributed by atoms with Crippen molar-refractivity contribution in [2.75, 3.05) is 20.2 Å². The summed E-state index contributed by atoms with van der Waals surface area (Å²) in [6.07, 6.45) is 4.57. The molecule has 0 aromatic heterocycles. The summed E-state index contributed by atoms with van der Waals surface area (Å²) in [4.78, 5) is 37.8. The average Bonchev–Trinajstić information content (AvgIpc) is 3.01. The quantitative estimate of drug-likeness (QED) is 0.684. The number of carbonyl (C=O) groups excluding carboxylic acids is 3. The number of hydrogen-bond donors (Lipinski definition) is 1. The van der Waals surface area contributed by atoms with Gasteiger partial charge in [0.05, 0.1) is 12.0 Å². The number of methoxy groups -OCH3 is 1. The smallest absolute Gasteiger partial charge is 0.293 e. The average molecular weight is 426 g/mol. The Morgan fingerprint density at radius 2 is 1.77 bits per heavy atom. The van der Waals surface area contributed by atoms with E-state index in [9.17, 15) is 18.8 Å². The van der Waals surface area contributed by atoms with Gasteiger partial charge in [-0.05, 0) is 59.3 Å². The number of nitrogens with zero attached hydrogens (tertiary/aromatic N) is 1. The van der Waals surface area contributed by atoms with Gasteiger partial charge in [-0.1, -0.05) is 24.3 Å². The molecule has 3 amide bonds. The predicted molar refractivity (Wildman–Crippen MR) is 114 cm³/mol. The van der Waals surface area contributed by atoms with Crippen molar-refractivity contribution in [2.45, 2.75) is 0 Å². The SMILES string of the molecule is COc1ccc(/C=C/C(=O)NCCN2C(=O)S/C(=C\c3ccc(F)cc3)C2=O)cc1. The van der Waals surface area contributed by atoms with Gasteiger partial charge in [0.1, 0.15) is 11.6 Å². The number of nitrogens with one attached hydrogen (secondary N) is 1. The first-order chi connectivity index (χ1) is 14.5. The third kappa shape index (κ3) is 5.57. The molecule has 2 aromatic carbocycles. The zero-order chi connectivity index (χ0) is 21.5. The lowest BCUT2D eigenvalue weighted by molar-refractivity contribution is -0.123. The topological polar surface area (TPSA) is 75.7 Å². The van der Waals surface area contributed by atoms with E-state index in [1.165, 1.54) is 30.3 Å². The summed E-state index contributed by atoms with van der Waals surface area (Å²) in [6.45, 7) is 0.196. The molecule has 0 aliphatic carbocycles. The minimum atomic E-state index is -0.433. The molecule has 1 aliphatic rings. The Bertz CT molecular complexity index is 1000. The van der Waals surface area contributed by atoms with Gasteiger partial charge in [0, 0.05) is 19.2 Å². The first-order valence-corrected chi connectivity index (χ1v) is 9.89. The summed E-state index contributed by atoms with van der Waals surface area (Å²) < 4.78 is 18.1. The highest BCUT2D eigenvalue weighted by Gasteiger charge is 2.34. The van der Waals surface area contributed by atoms with Crippen molar-refractivity contribution in [3.63, 3.8) is 0 Å². The molecular formula is C22H19FN2O4S. The molecule has 0 unspecified atom stereocenters. The molecule has 1 N–H and O–H groups in total. The Kier molecular flexibility index (Phi) is 7.03. The van der Waals surface area contributed by atoms with E-state index in [0.29, 0.717) is 5.56 Å². The van der Waals surface area contributed by atoms with Crippen LogP contribution in [0.15, 0.2) is 59.5 Å². The van der Waals surface area contributed by atoms with Gasteiger partial charge in [-0.3, -0.25) is 19.3 Å². The van der Waals surface area contributed by atoms with Crippen molar-refractivity contribution in [1.82, 2.24) is 10.2 Å². The van der Waals surface area contributed by atoms with E-state index in [0.717, 1.165) is 28.0 Å². The zero-order valence-corrected chi connectivity index (χ0v) is 16.9. The number of carbonyl (C=O) groups is 3. The van der Waals surface area contributed by atoms with E-state index >= 15 is 0 Å². The van der Waals surface area contributed by atoms with Gasteiger partial charge < -0.3 is 10.1 Å². The van der Waals surface area contributed by atoms with E-state index in [1.54, 1.807) is 31.4 Å². The van der Waals surface area contributed by atoms with Crippen molar-refractivity contribution in [2.24, 2.45) is 0 Å². The Morgan fingerprint density at radius 1 is 1.10 bits per heavy atom. The third-order valence-electron chi connectivity index (χ3n) is 4.22. The normalized spacial score (nSPS) is 15.3. The molecule has 2 aromatic rings. The predicted octanol–water partition coefficient (Wildman–Crippen LogP) is 3.70.